The van der Waals surface area contributed by atoms with Gasteiger partial charge in [-0.3, -0.25) is 4.79 Å². The molecule has 0 atom stereocenters. The molecule has 0 aliphatic heterocycles. The molecule has 0 heterocycles. The molecule has 0 aliphatic carbocycles. The van der Waals surface area contributed by atoms with Gasteiger partial charge in [0.25, 0.3) is 0 Å². The molecule has 2 rings (SSSR count). The average Bonchev–Trinajstić information content (AvgIpc) is 2.44. The SMILES string of the molecule is O=Cc1cc(Cl)cc(Cl)c1OC(=O)c1ccc(F)c(F)c1. The highest BCUT2D eigenvalue weighted by atomic mass is 35.5. The second-order valence-corrected chi connectivity index (χ2v) is 4.79. The first kappa shape index (κ1) is 15.4. The van der Waals surface area contributed by atoms with Crippen molar-refractivity contribution in [3.8, 4) is 5.75 Å². The predicted octanol–water partition coefficient (Wildman–Crippen LogP) is 4.30. The van der Waals surface area contributed by atoms with E-state index in [4.69, 9.17) is 27.9 Å². The van der Waals surface area contributed by atoms with Gasteiger partial charge in [0.05, 0.1) is 16.1 Å². The van der Waals surface area contributed by atoms with Gasteiger partial charge in [-0.15, -0.1) is 0 Å². The molecule has 0 amide bonds. The highest BCUT2D eigenvalue weighted by Gasteiger charge is 2.17. The highest BCUT2D eigenvalue weighted by Crippen LogP contribution is 2.32. The van der Waals surface area contributed by atoms with Crippen molar-refractivity contribution in [3.05, 3.63) is 63.1 Å². The average molecular weight is 331 g/mol. The van der Waals surface area contributed by atoms with E-state index in [1.165, 1.54) is 12.1 Å². The minimum atomic E-state index is -1.19. The van der Waals surface area contributed by atoms with Gasteiger partial charge in [0.1, 0.15) is 0 Å². The number of halogens is 4. The summed E-state index contributed by atoms with van der Waals surface area (Å²) in [5.74, 6) is -3.47. The van der Waals surface area contributed by atoms with Crippen molar-refractivity contribution >= 4 is 35.5 Å². The molecule has 0 saturated heterocycles. The van der Waals surface area contributed by atoms with Gasteiger partial charge in [-0.25, -0.2) is 13.6 Å². The topological polar surface area (TPSA) is 43.4 Å². The van der Waals surface area contributed by atoms with Crippen LogP contribution in [-0.4, -0.2) is 12.3 Å². The lowest BCUT2D eigenvalue weighted by molar-refractivity contribution is 0.0733. The van der Waals surface area contributed by atoms with Gasteiger partial charge in [-0.05, 0) is 30.3 Å². The Bertz CT molecular complexity index is 732. The maximum absolute atomic E-state index is 13.1. The van der Waals surface area contributed by atoms with E-state index >= 15 is 0 Å². The molecule has 108 valence electrons. The third-order valence-electron chi connectivity index (χ3n) is 2.51. The Hall–Kier alpha value is -1.98. The van der Waals surface area contributed by atoms with Crippen LogP contribution in [0.5, 0.6) is 5.75 Å². The minimum Gasteiger partial charge on any atom is -0.421 e. The van der Waals surface area contributed by atoms with Crippen LogP contribution in [0, 0.1) is 11.6 Å². The van der Waals surface area contributed by atoms with Crippen LogP contribution in [0.15, 0.2) is 30.3 Å². The first-order valence-corrected chi connectivity index (χ1v) is 6.29. The number of carbonyl (C=O) groups excluding carboxylic acids is 2. The van der Waals surface area contributed by atoms with Crippen LogP contribution < -0.4 is 4.74 Å². The maximum Gasteiger partial charge on any atom is 0.343 e. The zero-order valence-corrected chi connectivity index (χ0v) is 11.7. The standard InChI is InChI=1S/C14H6Cl2F2O3/c15-9-3-8(6-19)13(10(16)5-9)21-14(20)7-1-2-11(17)12(18)4-7/h1-6H. The van der Waals surface area contributed by atoms with Crippen LogP contribution in [0.2, 0.25) is 10.0 Å². The van der Waals surface area contributed by atoms with Crippen molar-refractivity contribution in [2.24, 2.45) is 0 Å². The fourth-order valence-corrected chi connectivity index (χ4v) is 2.10. The normalized spacial score (nSPS) is 10.3. The molecule has 0 spiro atoms. The molecule has 0 saturated carbocycles. The van der Waals surface area contributed by atoms with E-state index in [0.717, 1.165) is 12.1 Å². The van der Waals surface area contributed by atoms with Gasteiger partial charge in [-0.1, -0.05) is 23.2 Å². The lowest BCUT2D eigenvalue weighted by atomic mass is 10.2. The van der Waals surface area contributed by atoms with E-state index in [0.29, 0.717) is 12.4 Å². The van der Waals surface area contributed by atoms with E-state index in [1.54, 1.807) is 0 Å². The van der Waals surface area contributed by atoms with Gasteiger partial charge < -0.3 is 4.74 Å². The van der Waals surface area contributed by atoms with Crippen molar-refractivity contribution in [2.75, 3.05) is 0 Å². The smallest absolute Gasteiger partial charge is 0.343 e. The first-order valence-electron chi connectivity index (χ1n) is 5.54. The van der Waals surface area contributed by atoms with Crippen LogP contribution in [0.1, 0.15) is 20.7 Å². The van der Waals surface area contributed by atoms with Crippen molar-refractivity contribution < 1.29 is 23.1 Å². The molecule has 21 heavy (non-hydrogen) atoms. The number of esters is 1. The van der Waals surface area contributed by atoms with Crippen LogP contribution in [0.4, 0.5) is 8.78 Å². The summed E-state index contributed by atoms with van der Waals surface area (Å²) in [4.78, 5) is 22.8. The molecule has 0 aromatic heterocycles. The van der Waals surface area contributed by atoms with E-state index in [1.807, 2.05) is 0 Å². The maximum atomic E-state index is 13.1. The lowest BCUT2D eigenvalue weighted by Crippen LogP contribution is -2.11. The van der Waals surface area contributed by atoms with Gasteiger partial charge in [0, 0.05) is 5.02 Å². The second-order valence-electron chi connectivity index (χ2n) is 3.94. The van der Waals surface area contributed by atoms with Crippen molar-refractivity contribution in [3.63, 3.8) is 0 Å². The number of rotatable bonds is 3. The third kappa shape index (κ3) is 3.37. The number of benzene rings is 2. The summed E-state index contributed by atoms with van der Waals surface area (Å²) in [6.45, 7) is 0. The summed E-state index contributed by atoms with van der Waals surface area (Å²) in [6, 6.07) is 5.06. The molecule has 0 unspecified atom stereocenters. The molecular weight excluding hydrogens is 325 g/mol. The Kier molecular flexibility index (Phi) is 4.55. The number of carbonyl (C=O) groups is 2. The third-order valence-corrected chi connectivity index (χ3v) is 3.01. The monoisotopic (exact) mass is 330 g/mol. The Morgan fingerprint density at radius 3 is 2.43 bits per heavy atom. The summed E-state index contributed by atoms with van der Waals surface area (Å²) < 4.78 is 30.8. The molecule has 3 nitrogen and oxygen atoms in total. The highest BCUT2D eigenvalue weighted by molar-refractivity contribution is 6.36. The van der Waals surface area contributed by atoms with E-state index in [9.17, 15) is 18.4 Å². The summed E-state index contributed by atoms with van der Waals surface area (Å²) in [5, 5.41) is 0.134. The quantitative estimate of drug-likeness (QED) is 0.478. The molecule has 7 heteroatoms. The molecular formula is C14H6Cl2F2O3. The number of hydrogen-bond donors (Lipinski definition) is 0. The Labute approximate surface area is 128 Å². The fourth-order valence-electron chi connectivity index (χ4n) is 1.55. The Morgan fingerprint density at radius 2 is 1.81 bits per heavy atom. The minimum absolute atomic E-state index is 0.0385. The van der Waals surface area contributed by atoms with Crippen molar-refractivity contribution in [1.82, 2.24) is 0 Å². The molecule has 2 aromatic carbocycles. The fraction of sp³-hybridized carbons (Fsp3) is 0. The number of hydrogen-bond acceptors (Lipinski definition) is 3. The lowest BCUT2D eigenvalue weighted by Gasteiger charge is -2.09. The summed E-state index contributed by atoms with van der Waals surface area (Å²) in [5.41, 5.74) is -0.264. The van der Waals surface area contributed by atoms with Gasteiger partial charge >= 0.3 is 5.97 Å². The summed E-state index contributed by atoms with van der Waals surface area (Å²) in [6.07, 6.45) is 0.408. The van der Waals surface area contributed by atoms with Crippen LogP contribution >= 0.6 is 23.2 Å². The van der Waals surface area contributed by atoms with Gasteiger partial charge in [0.15, 0.2) is 23.7 Å². The van der Waals surface area contributed by atoms with E-state index in [2.05, 4.69) is 0 Å². The second kappa shape index (κ2) is 6.20. The molecule has 0 bridgehead atoms. The molecule has 2 aromatic rings. The zero-order valence-electron chi connectivity index (χ0n) is 10.2. The first-order chi connectivity index (χ1) is 9.92. The van der Waals surface area contributed by atoms with Crippen LogP contribution in [0.3, 0.4) is 0 Å². The summed E-state index contributed by atoms with van der Waals surface area (Å²) in [7, 11) is 0. The van der Waals surface area contributed by atoms with Crippen molar-refractivity contribution in [1.29, 1.82) is 0 Å². The molecule has 0 N–H and O–H groups in total. The van der Waals surface area contributed by atoms with E-state index in [-0.39, 0.29) is 26.9 Å². The predicted molar refractivity (Wildman–Crippen MR) is 73.2 cm³/mol. The Balaban J connectivity index is 2.35. The van der Waals surface area contributed by atoms with Gasteiger partial charge in [0.2, 0.25) is 0 Å². The molecule has 0 aliphatic rings. The Morgan fingerprint density at radius 1 is 1.10 bits per heavy atom. The zero-order chi connectivity index (χ0) is 15.6. The van der Waals surface area contributed by atoms with Crippen molar-refractivity contribution in [2.45, 2.75) is 0 Å². The number of ether oxygens (including phenoxy) is 1. The van der Waals surface area contributed by atoms with Crippen LogP contribution in [-0.2, 0) is 0 Å². The van der Waals surface area contributed by atoms with Crippen LogP contribution in [0.25, 0.3) is 0 Å². The largest absolute Gasteiger partial charge is 0.421 e. The van der Waals surface area contributed by atoms with Gasteiger partial charge in [-0.2, -0.15) is 0 Å². The van der Waals surface area contributed by atoms with E-state index < -0.39 is 17.6 Å². The number of aldehydes is 1. The summed E-state index contributed by atoms with van der Waals surface area (Å²) >= 11 is 11.6. The molecule has 0 fully saturated rings. The molecule has 0 radical (unpaired) electrons.